The molecule has 6 rings (SSSR count). The molecular formula is C30H31ClN6O2. The third kappa shape index (κ3) is 5.44. The molecule has 0 amide bonds. The van der Waals surface area contributed by atoms with Gasteiger partial charge < -0.3 is 19.4 Å². The van der Waals surface area contributed by atoms with Gasteiger partial charge >= 0.3 is 0 Å². The summed E-state index contributed by atoms with van der Waals surface area (Å²) in [7, 11) is 0. The van der Waals surface area contributed by atoms with Gasteiger partial charge in [-0.25, -0.2) is 9.97 Å². The summed E-state index contributed by atoms with van der Waals surface area (Å²) < 4.78 is 14.4. The molecule has 0 bridgehead atoms. The molecular weight excluding hydrogens is 512 g/mol. The molecule has 200 valence electrons. The van der Waals surface area contributed by atoms with Crippen LogP contribution >= 0.6 is 11.6 Å². The lowest BCUT2D eigenvalue weighted by molar-refractivity contribution is 0.0469. The molecule has 3 heterocycles. The number of nitrogens with zero attached hydrogens (tertiary/aromatic N) is 5. The summed E-state index contributed by atoms with van der Waals surface area (Å²) >= 11 is 6.85. The second kappa shape index (κ2) is 11.2. The van der Waals surface area contributed by atoms with E-state index >= 15 is 0 Å². The van der Waals surface area contributed by atoms with E-state index < -0.39 is 5.60 Å². The highest BCUT2D eigenvalue weighted by molar-refractivity contribution is 6.33. The van der Waals surface area contributed by atoms with Crippen molar-refractivity contribution in [2.24, 2.45) is 0 Å². The Balaban J connectivity index is 1.32. The van der Waals surface area contributed by atoms with E-state index in [-0.39, 0.29) is 0 Å². The highest BCUT2D eigenvalue weighted by Gasteiger charge is 2.39. The van der Waals surface area contributed by atoms with Crippen molar-refractivity contribution in [1.82, 2.24) is 29.7 Å². The number of imidazole rings is 1. The molecule has 9 heteroatoms. The van der Waals surface area contributed by atoms with Crippen LogP contribution < -0.4 is 14.8 Å². The summed E-state index contributed by atoms with van der Waals surface area (Å²) in [6.07, 6.45) is 9.96. The van der Waals surface area contributed by atoms with E-state index in [1.807, 2.05) is 36.4 Å². The van der Waals surface area contributed by atoms with Crippen LogP contribution in [0.1, 0.15) is 24.8 Å². The fraction of sp³-hybridized carbons (Fsp3) is 0.367. The Morgan fingerprint density at radius 1 is 1.08 bits per heavy atom. The summed E-state index contributed by atoms with van der Waals surface area (Å²) in [6, 6.07) is 15.9. The lowest BCUT2D eigenvalue weighted by Gasteiger charge is -2.36. The quantitative estimate of drug-likeness (QED) is 0.314. The van der Waals surface area contributed by atoms with Gasteiger partial charge in [-0.1, -0.05) is 47.9 Å². The molecule has 2 aromatic heterocycles. The van der Waals surface area contributed by atoms with E-state index in [4.69, 9.17) is 32.5 Å². The van der Waals surface area contributed by atoms with Gasteiger partial charge in [-0.3, -0.25) is 4.90 Å². The van der Waals surface area contributed by atoms with Crippen LogP contribution in [0.5, 0.6) is 11.6 Å². The van der Waals surface area contributed by atoms with Crippen LogP contribution in [-0.4, -0.2) is 69.4 Å². The van der Waals surface area contributed by atoms with E-state index in [1.165, 1.54) is 6.33 Å². The fourth-order valence-electron chi connectivity index (χ4n) is 5.07. The molecule has 1 saturated carbocycles. The number of nitrogens with one attached hydrogen (secondary N) is 1. The van der Waals surface area contributed by atoms with Gasteiger partial charge in [0, 0.05) is 38.3 Å². The van der Waals surface area contributed by atoms with Crippen LogP contribution in [0.4, 0.5) is 0 Å². The van der Waals surface area contributed by atoms with E-state index in [2.05, 4.69) is 42.8 Å². The van der Waals surface area contributed by atoms with Crippen LogP contribution in [0, 0.1) is 12.3 Å². The van der Waals surface area contributed by atoms with Crippen LogP contribution in [0.15, 0.2) is 54.9 Å². The standard InChI is InChI=1S/C30H31ClN6O2/c1-2-30(11-6-12-30)39-29-26-28(33-21-34-29)37(20-22-7-4-3-5-8-22)27(35-26)24-10-9-23(19-25(24)31)38-18-17-36-15-13-32-14-16-36/h1,3-5,7-10,19,21,32H,6,11-18,20H2. The molecule has 4 aromatic rings. The Morgan fingerprint density at radius 2 is 1.90 bits per heavy atom. The molecule has 2 aromatic carbocycles. The Bertz CT molecular complexity index is 1490. The fourth-order valence-corrected chi connectivity index (χ4v) is 5.32. The van der Waals surface area contributed by atoms with Crippen molar-refractivity contribution in [2.75, 3.05) is 39.3 Å². The molecule has 0 atom stereocenters. The number of fused-ring (bicyclic) bond motifs is 1. The minimum Gasteiger partial charge on any atom is -0.492 e. The predicted molar refractivity (Wildman–Crippen MR) is 152 cm³/mol. The zero-order valence-electron chi connectivity index (χ0n) is 21.8. The summed E-state index contributed by atoms with van der Waals surface area (Å²) in [4.78, 5) is 16.4. The molecule has 2 fully saturated rings. The van der Waals surface area contributed by atoms with Gasteiger partial charge in [-0.15, -0.1) is 6.42 Å². The summed E-state index contributed by atoms with van der Waals surface area (Å²) in [5, 5.41) is 3.92. The van der Waals surface area contributed by atoms with Gasteiger partial charge in [0.25, 0.3) is 0 Å². The number of halogens is 1. The minimum atomic E-state index is -0.633. The van der Waals surface area contributed by atoms with Gasteiger partial charge in [0.05, 0.1) is 11.6 Å². The van der Waals surface area contributed by atoms with Gasteiger partial charge in [0.15, 0.2) is 16.8 Å². The van der Waals surface area contributed by atoms with E-state index in [1.54, 1.807) is 0 Å². The van der Waals surface area contributed by atoms with Gasteiger partial charge in [-0.2, -0.15) is 4.98 Å². The van der Waals surface area contributed by atoms with Crippen molar-refractivity contribution in [1.29, 1.82) is 0 Å². The van der Waals surface area contributed by atoms with Gasteiger partial charge in [0.1, 0.15) is 24.5 Å². The second-order valence-corrected chi connectivity index (χ2v) is 10.4. The summed E-state index contributed by atoms with van der Waals surface area (Å²) in [5.41, 5.74) is 2.49. The van der Waals surface area contributed by atoms with Crippen LogP contribution in [0.3, 0.4) is 0 Å². The minimum absolute atomic E-state index is 0.398. The van der Waals surface area contributed by atoms with Crippen molar-refractivity contribution in [2.45, 2.75) is 31.4 Å². The Kier molecular flexibility index (Phi) is 7.38. The topological polar surface area (TPSA) is 77.3 Å². The first-order valence-corrected chi connectivity index (χ1v) is 13.8. The molecule has 8 nitrogen and oxygen atoms in total. The second-order valence-electron chi connectivity index (χ2n) is 10.0. The van der Waals surface area contributed by atoms with Gasteiger partial charge in [0.2, 0.25) is 5.88 Å². The molecule has 1 saturated heterocycles. The summed E-state index contributed by atoms with van der Waals surface area (Å²) in [5.74, 6) is 4.62. The van der Waals surface area contributed by atoms with Crippen molar-refractivity contribution in [3.05, 3.63) is 65.4 Å². The molecule has 39 heavy (non-hydrogen) atoms. The van der Waals surface area contributed by atoms with Crippen LogP contribution in [0.25, 0.3) is 22.6 Å². The highest BCUT2D eigenvalue weighted by atomic mass is 35.5. The molecule has 1 aliphatic heterocycles. The van der Waals surface area contributed by atoms with Gasteiger partial charge in [-0.05, 0) is 43.0 Å². The monoisotopic (exact) mass is 542 g/mol. The number of hydrogen-bond donors (Lipinski definition) is 1. The SMILES string of the molecule is C#CC1(Oc2ncnc3c2nc(-c2ccc(OCCN4CCNCC4)cc2Cl)n3Cc2ccccc2)CCC1. The third-order valence-corrected chi connectivity index (χ3v) is 7.78. The van der Waals surface area contributed by atoms with Crippen molar-refractivity contribution in [3.8, 4) is 35.4 Å². The Labute approximate surface area is 233 Å². The lowest BCUT2D eigenvalue weighted by Crippen LogP contribution is -2.44. The molecule has 2 aliphatic rings. The first-order chi connectivity index (χ1) is 19.1. The van der Waals surface area contributed by atoms with Crippen LogP contribution in [-0.2, 0) is 6.54 Å². The normalized spacial score (nSPS) is 16.9. The summed E-state index contributed by atoms with van der Waals surface area (Å²) in [6.45, 7) is 6.17. The number of terminal acetylenes is 1. The maximum atomic E-state index is 6.85. The highest BCUT2D eigenvalue weighted by Crippen LogP contribution is 2.39. The first-order valence-electron chi connectivity index (χ1n) is 13.4. The van der Waals surface area contributed by atoms with E-state index in [0.29, 0.717) is 41.0 Å². The number of hydrogen-bond acceptors (Lipinski definition) is 7. The molecule has 0 spiro atoms. The zero-order chi connectivity index (χ0) is 26.7. The average Bonchev–Trinajstić information content (AvgIpc) is 3.30. The van der Waals surface area contributed by atoms with E-state index in [9.17, 15) is 0 Å². The largest absolute Gasteiger partial charge is 0.492 e. The molecule has 1 N–H and O–H groups in total. The Morgan fingerprint density at radius 3 is 2.62 bits per heavy atom. The Hall–Kier alpha value is -3.64. The lowest BCUT2D eigenvalue weighted by atomic mass is 9.81. The molecule has 1 aliphatic carbocycles. The maximum Gasteiger partial charge on any atom is 0.246 e. The smallest absolute Gasteiger partial charge is 0.246 e. The van der Waals surface area contributed by atoms with Crippen molar-refractivity contribution in [3.63, 3.8) is 0 Å². The van der Waals surface area contributed by atoms with Crippen molar-refractivity contribution < 1.29 is 9.47 Å². The first kappa shape index (κ1) is 25.6. The average molecular weight is 543 g/mol. The number of aromatic nitrogens is 4. The molecule has 0 radical (unpaired) electrons. The number of rotatable bonds is 9. The zero-order valence-corrected chi connectivity index (χ0v) is 22.5. The van der Waals surface area contributed by atoms with E-state index in [0.717, 1.165) is 68.9 Å². The third-order valence-electron chi connectivity index (χ3n) is 7.47. The van der Waals surface area contributed by atoms with Crippen LogP contribution in [0.2, 0.25) is 5.02 Å². The number of ether oxygens (including phenoxy) is 2. The number of benzene rings is 2. The number of piperazine rings is 1. The maximum absolute atomic E-state index is 6.85. The van der Waals surface area contributed by atoms with Crippen molar-refractivity contribution >= 4 is 22.8 Å². The predicted octanol–water partition coefficient (Wildman–Crippen LogP) is 4.41. The molecule has 0 unspecified atom stereocenters.